The minimum Gasteiger partial charge on any atom is -0.358 e. The number of allylic oxidation sites excluding steroid dienone is 2. The van der Waals surface area contributed by atoms with Crippen LogP contribution in [-0.4, -0.2) is 33.6 Å². The summed E-state index contributed by atoms with van der Waals surface area (Å²) in [4.78, 5) is 11.0. The number of nitrogens with zero attached hydrogens (tertiary/aromatic N) is 3. The van der Waals surface area contributed by atoms with Crippen LogP contribution in [0.2, 0.25) is 10.0 Å². The van der Waals surface area contributed by atoms with Crippen molar-refractivity contribution in [3.8, 4) is 0 Å². The number of hydrogen-bond acceptors (Lipinski definition) is 4. The number of likely N-dealkylation sites (tertiary alicyclic amines) is 1. The van der Waals surface area contributed by atoms with Gasteiger partial charge in [-0.3, -0.25) is 14.9 Å². The maximum absolute atomic E-state index is 6.82. The largest absolute Gasteiger partial charge is 0.358 e. The second-order valence-corrected chi connectivity index (χ2v) is 8.90. The van der Waals surface area contributed by atoms with Crippen molar-refractivity contribution in [3.05, 3.63) is 81.4 Å². The zero-order valence-corrected chi connectivity index (χ0v) is 17.7. The summed E-state index contributed by atoms with van der Waals surface area (Å²) >= 11 is 12.6. The summed E-state index contributed by atoms with van der Waals surface area (Å²) in [5, 5.41) is 1.30. The molecule has 1 aromatic heterocycles. The lowest BCUT2D eigenvalue weighted by atomic mass is 9.79. The van der Waals surface area contributed by atoms with Crippen molar-refractivity contribution in [2.24, 2.45) is 0 Å². The lowest BCUT2D eigenvalue weighted by Crippen LogP contribution is -2.45. The van der Waals surface area contributed by atoms with Crippen LogP contribution >= 0.6 is 23.2 Å². The summed E-state index contributed by atoms with van der Waals surface area (Å²) in [6.45, 7) is 2.79. The second kappa shape index (κ2) is 7.84. The van der Waals surface area contributed by atoms with Crippen molar-refractivity contribution >= 4 is 23.2 Å². The average molecular weight is 428 g/mol. The molecule has 0 radical (unpaired) electrons. The summed E-state index contributed by atoms with van der Waals surface area (Å²) in [5.74, 6) is 0. The summed E-state index contributed by atoms with van der Waals surface area (Å²) in [6, 6.07) is 5.73. The number of benzene rings is 1. The number of rotatable bonds is 3. The molecule has 4 nitrogen and oxygen atoms in total. The van der Waals surface area contributed by atoms with E-state index < -0.39 is 0 Å². The van der Waals surface area contributed by atoms with Gasteiger partial charge in [0.05, 0.1) is 11.3 Å². The molecule has 1 aromatic carbocycles. The highest BCUT2D eigenvalue weighted by molar-refractivity contribution is 6.34. The van der Waals surface area contributed by atoms with E-state index >= 15 is 0 Å². The van der Waals surface area contributed by atoms with E-state index in [-0.39, 0.29) is 11.7 Å². The number of halogens is 2. The van der Waals surface area contributed by atoms with Crippen molar-refractivity contribution < 1.29 is 4.74 Å². The highest BCUT2D eigenvalue weighted by Gasteiger charge is 2.49. The molecular formula is C23H23Cl2N3O. The van der Waals surface area contributed by atoms with Gasteiger partial charge in [0, 0.05) is 48.3 Å². The Morgan fingerprint density at radius 3 is 2.52 bits per heavy atom. The highest BCUT2D eigenvalue weighted by atomic mass is 35.5. The third kappa shape index (κ3) is 3.75. The monoisotopic (exact) mass is 427 g/mol. The summed E-state index contributed by atoms with van der Waals surface area (Å²) in [7, 11) is 0. The molecule has 29 heavy (non-hydrogen) atoms. The maximum Gasteiger partial charge on any atom is 0.109 e. The average Bonchev–Trinajstić information content (AvgIpc) is 3.05. The first-order valence-electron chi connectivity index (χ1n) is 10.2. The van der Waals surface area contributed by atoms with E-state index in [0.29, 0.717) is 10.0 Å². The van der Waals surface area contributed by atoms with Gasteiger partial charge in [-0.1, -0.05) is 35.4 Å². The molecule has 1 atom stereocenters. The van der Waals surface area contributed by atoms with Crippen molar-refractivity contribution in [1.29, 1.82) is 0 Å². The summed E-state index contributed by atoms with van der Waals surface area (Å²) in [6.07, 6.45) is 14.0. The van der Waals surface area contributed by atoms with E-state index in [1.165, 1.54) is 11.1 Å². The smallest absolute Gasteiger partial charge is 0.109 e. The minimum atomic E-state index is -0.218. The van der Waals surface area contributed by atoms with Crippen LogP contribution < -0.4 is 0 Å². The SMILES string of the molecule is Clc1cc(Cl)cc(C2OC3(CCN(Cc4cnccn4)CC3)C3=CCCC=C32)c1. The Bertz CT molecular complexity index is 945. The molecule has 1 spiro atoms. The molecule has 3 aliphatic rings. The molecule has 0 N–H and O–H groups in total. The lowest BCUT2D eigenvalue weighted by Gasteiger charge is -2.40. The van der Waals surface area contributed by atoms with Crippen LogP contribution in [0.3, 0.4) is 0 Å². The quantitative estimate of drug-likeness (QED) is 0.644. The fraction of sp³-hybridized carbons (Fsp3) is 0.391. The predicted octanol–water partition coefficient (Wildman–Crippen LogP) is 5.54. The fourth-order valence-corrected chi connectivity index (χ4v) is 5.36. The molecule has 5 rings (SSSR count). The molecule has 1 unspecified atom stereocenters. The molecule has 150 valence electrons. The van der Waals surface area contributed by atoms with Gasteiger partial charge < -0.3 is 4.74 Å². The predicted molar refractivity (Wildman–Crippen MR) is 115 cm³/mol. The van der Waals surface area contributed by atoms with Gasteiger partial charge in [-0.2, -0.15) is 0 Å². The molecule has 0 saturated carbocycles. The van der Waals surface area contributed by atoms with Crippen LogP contribution in [0.15, 0.2) is 60.1 Å². The van der Waals surface area contributed by atoms with Crippen molar-refractivity contribution in [2.75, 3.05) is 13.1 Å². The highest BCUT2D eigenvalue weighted by Crippen LogP contribution is 2.53. The zero-order valence-electron chi connectivity index (χ0n) is 16.2. The Balaban J connectivity index is 1.38. The Labute approximate surface area is 181 Å². The Morgan fingerprint density at radius 2 is 1.79 bits per heavy atom. The third-order valence-electron chi connectivity index (χ3n) is 6.16. The number of fused-ring (bicyclic) bond motifs is 2. The number of hydrogen-bond donors (Lipinski definition) is 0. The first-order chi connectivity index (χ1) is 14.1. The van der Waals surface area contributed by atoms with Crippen LogP contribution in [0.1, 0.15) is 43.0 Å². The Hall–Kier alpha value is -1.72. The Kier molecular flexibility index (Phi) is 5.21. The van der Waals surface area contributed by atoms with E-state index in [2.05, 4.69) is 27.0 Å². The van der Waals surface area contributed by atoms with E-state index in [4.69, 9.17) is 27.9 Å². The molecule has 0 bridgehead atoms. The molecular weight excluding hydrogens is 405 g/mol. The topological polar surface area (TPSA) is 38.2 Å². The molecule has 0 amide bonds. The van der Waals surface area contributed by atoms with Gasteiger partial charge in [-0.25, -0.2) is 0 Å². The van der Waals surface area contributed by atoms with E-state index in [1.54, 1.807) is 18.5 Å². The van der Waals surface area contributed by atoms with E-state index in [0.717, 1.165) is 56.6 Å². The molecule has 1 aliphatic carbocycles. The minimum absolute atomic E-state index is 0.0932. The van der Waals surface area contributed by atoms with E-state index in [9.17, 15) is 0 Å². The third-order valence-corrected chi connectivity index (χ3v) is 6.60. The Morgan fingerprint density at radius 1 is 1.03 bits per heavy atom. The first kappa shape index (κ1) is 19.3. The second-order valence-electron chi connectivity index (χ2n) is 8.02. The van der Waals surface area contributed by atoms with Gasteiger partial charge in [-0.05, 0) is 60.6 Å². The van der Waals surface area contributed by atoms with Gasteiger partial charge in [0.15, 0.2) is 0 Å². The fourth-order valence-electron chi connectivity index (χ4n) is 4.82. The van der Waals surface area contributed by atoms with E-state index in [1.807, 2.05) is 18.3 Å². The van der Waals surface area contributed by atoms with Crippen molar-refractivity contribution in [3.63, 3.8) is 0 Å². The van der Waals surface area contributed by atoms with Gasteiger partial charge >= 0.3 is 0 Å². The zero-order chi connectivity index (χ0) is 19.8. The molecule has 2 fully saturated rings. The molecule has 2 aliphatic heterocycles. The first-order valence-corrected chi connectivity index (χ1v) is 10.9. The number of aromatic nitrogens is 2. The maximum atomic E-state index is 6.82. The van der Waals surface area contributed by atoms with Crippen LogP contribution in [0, 0.1) is 0 Å². The summed E-state index contributed by atoms with van der Waals surface area (Å²) in [5.41, 5.74) is 4.52. The van der Waals surface area contributed by atoms with Crippen LogP contribution in [0.25, 0.3) is 0 Å². The van der Waals surface area contributed by atoms with Gasteiger partial charge in [0.2, 0.25) is 0 Å². The number of ether oxygens (including phenoxy) is 1. The van der Waals surface area contributed by atoms with Crippen LogP contribution in [0.4, 0.5) is 0 Å². The van der Waals surface area contributed by atoms with Crippen LogP contribution in [-0.2, 0) is 11.3 Å². The standard InChI is InChI=1S/C23H23Cl2N3O/c24-17-11-16(12-18(25)13-17)22-20-3-1-2-4-21(20)23(29-22)5-9-28(10-6-23)15-19-14-26-7-8-27-19/h3-4,7-8,11-14,22H,1-2,5-6,9-10,15H2. The van der Waals surface area contributed by atoms with Gasteiger partial charge in [0.25, 0.3) is 0 Å². The van der Waals surface area contributed by atoms with Gasteiger partial charge in [0.1, 0.15) is 6.10 Å². The molecule has 3 heterocycles. The molecule has 2 aromatic rings. The van der Waals surface area contributed by atoms with Crippen molar-refractivity contribution in [1.82, 2.24) is 14.9 Å². The normalized spacial score (nSPS) is 23.6. The van der Waals surface area contributed by atoms with Crippen molar-refractivity contribution in [2.45, 2.75) is 43.9 Å². The van der Waals surface area contributed by atoms with Crippen LogP contribution in [0.5, 0.6) is 0 Å². The molecule has 2 saturated heterocycles. The summed E-state index contributed by atoms with van der Waals surface area (Å²) < 4.78 is 6.82. The molecule has 6 heteroatoms. The van der Waals surface area contributed by atoms with Gasteiger partial charge in [-0.15, -0.1) is 0 Å². The number of piperidine rings is 1. The lowest BCUT2D eigenvalue weighted by molar-refractivity contribution is -0.0613.